The standard InChI is InChI=1S/C15H28N4O3/c1-10(2)19(11(3)4)8-7-16-14(21)9-17-15(22)12-5-6-13(20)18-12/h10-12H,5-9H2,1-4H3,(H,16,21)(H,17,22)(H,18,20)/t12-/m0/s1. The number of carbonyl (C=O) groups is 3. The van der Waals surface area contributed by atoms with Gasteiger partial charge in [0.15, 0.2) is 0 Å². The van der Waals surface area contributed by atoms with Crippen LogP contribution in [0.25, 0.3) is 0 Å². The molecule has 0 aliphatic carbocycles. The summed E-state index contributed by atoms with van der Waals surface area (Å²) in [5.41, 5.74) is 0. The minimum atomic E-state index is -0.502. The van der Waals surface area contributed by atoms with Gasteiger partial charge >= 0.3 is 0 Å². The van der Waals surface area contributed by atoms with E-state index in [-0.39, 0.29) is 24.3 Å². The first-order chi connectivity index (χ1) is 10.3. The summed E-state index contributed by atoms with van der Waals surface area (Å²) in [6, 6.07) is 0.336. The van der Waals surface area contributed by atoms with E-state index in [2.05, 4.69) is 48.5 Å². The Morgan fingerprint density at radius 1 is 1.23 bits per heavy atom. The first-order valence-corrected chi connectivity index (χ1v) is 7.90. The SMILES string of the molecule is CC(C)N(CCNC(=O)CNC(=O)[C@@H]1CCC(=O)N1)C(C)C. The second kappa shape index (κ2) is 8.73. The zero-order valence-electron chi connectivity index (χ0n) is 13.9. The van der Waals surface area contributed by atoms with Gasteiger partial charge in [-0.25, -0.2) is 0 Å². The highest BCUT2D eigenvalue weighted by Gasteiger charge is 2.27. The molecule has 0 bridgehead atoms. The number of hydrogen-bond donors (Lipinski definition) is 3. The van der Waals surface area contributed by atoms with Gasteiger partial charge in [0.25, 0.3) is 0 Å². The lowest BCUT2D eigenvalue weighted by Gasteiger charge is -2.30. The molecule has 0 aromatic rings. The van der Waals surface area contributed by atoms with E-state index in [4.69, 9.17) is 0 Å². The Hall–Kier alpha value is -1.63. The van der Waals surface area contributed by atoms with Crippen LogP contribution in [0.4, 0.5) is 0 Å². The van der Waals surface area contributed by atoms with Crippen LogP contribution in [0.15, 0.2) is 0 Å². The summed E-state index contributed by atoms with van der Waals surface area (Å²) in [6.45, 7) is 9.75. The van der Waals surface area contributed by atoms with Crippen LogP contribution in [0.5, 0.6) is 0 Å². The highest BCUT2D eigenvalue weighted by Crippen LogP contribution is 2.06. The molecule has 7 heteroatoms. The van der Waals surface area contributed by atoms with Crippen molar-refractivity contribution in [3.8, 4) is 0 Å². The average molecular weight is 312 g/mol. The molecule has 22 heavy (non-hydrogen) atoms. The Labute approximate surface area is 132 Å². The van der Waals surface area contributed by atoms with Gasteiger partial charge in [0.2, 0.25) is 17.7 Å². The highest BCUT2D eigenvalue weighted by molar-refractivity contribution is 5.92. The minimum Gasteiger partial charge on any atom is -0.353 e. The van der Waals surface area contributed by atoms with Crippen molar-refractivity contribution >= 4 is 17.7 Å². The van der Waals surface area contributed by atoms with Crippen molar-refractivity contribution in [2.75, 3.05) is 19.6 Å². The second-order valence-electron chi connectivity index (χ2n) is 6.15. The molecule has 0 aromatic carbocycles. The van der Waals surface area contributed by atoms with E-state index in [1.54, 1.807) is 0 Å². The molecule has 0 radical (unpaired) electrons. The predicted molar refractivity (Wildman–Crippen MR) is 84.2 cm³/mol. The molecular weight excluding hydrogens is 284 g/mol. The Morgan fingerprint density at radius 3 is 2.36 bits per heavy atom. The smallest absolute Gasteiger partial charge is 0.243 e. The summed E-state index contributed by atoms with van der Waals surface area (Å²) in [5.74, 6) is -0.635. The fourth-order valence-electron chi connectivity index (χ4n) is 2.60. The van der Waals surface area contributed by atoms with Crippen LogP contribution in [0.2, 0.25) is 0 Å². The van der Waals surface area contributed by atoms with Crippen LogP contribution >= 0.6 is 0 Å². The molecule has 1 rings (SSSR count). The summed E-state index contributed by atoms with van der Waals surface area (Å²) in [4.78, 5) is 36.8. The van der Waals surface area contributed by atoms with E-state index >= 15 is 0 Å². The topological polar surface area (TPSA) is 90.5 Å². The van der Waals surface area contributed by atoms with Gasteiger partial charge in [0.1, 0.15) is 6.04 Å². The first-order valence-electron chi connectivity index (χ1n) is 7.90. The fraction of sp³-hybridized carbons (Fsp3) is 0.800. The molecule has 0 saturated carbocycles. The number of carbonyl (C=O) groups excluding carboxylic acids is 3. The van der Waals surface area contributed by atoms with Crippen molar-refractivity contribution in [3.05, 3.63) is 0 Å². The molecule has 1 atom stereocenters. The Balaban J connectivity index is 2.20. The van der Waals surface area contributed by atoms with Crippen LogP contribution in [0, 0.1) is 0 Å². The third-order valence-electron chi connectivity index (χ3n) is 3.75. The monoisotopic (exact) mass is 312 g/mol. The largest absolute Gasteiger partial charge is 0.353 e. The van der Waals surface area contributed by atoms with Crippen molar-refractivity contribution in [1.82, 2.24) is 20.9 Å². The summed E-state index contributed by atoms with van der Waals surface area (Å²) in [6.07, 6.45) is 0.856. The van der Waals surface area contributed by atoms with Crippen molar-refractivity contribution in [1.29, 1.82) is 0 Å². The number of rotatable bonds is 8. The van der Waals surface area contributed by atoms with Gasteiger partial charge in [0, 0.05) is 31.6 Å². The molecule has 7 nitrogen and oxygen atoms in total. The number of hydrogen-bond acceptors (Lipinski definition) is 4. The van der Waals surface area contributed by atoms with E-state index in [9.17, 15) is 14.4 Å². The third kappa shape index (κ3) is 6.01. The normalized spacial score (nSPS) is 18.0. The lowest BCUT2D eigenvalue weighted by molar-refractivity contribution is -0.128. The zero-order chi connectivity index (χ0) is 16.7. The molecule has 1 aliphatic heterocycles. The molecule has 0 aromatic heterocycles. The molecule has 126 valence electrons. The van der Waals surface area contributed by atoms with Crippen molar-refractivity contribution in [3.63, 3.8) is 0 Å². The molecule has 1 fully saturated rings. The molecule has 1 heterocycles. The van der Waals surface area contributed by atoms with Crippen LogP contribution in [-0.2, 0) is 14.4 Å². The van der Waals surface area contributed by atoms with Crippen LogP contribution in [0.3, 0.4) is 0 Å². The maximum Gasteiger partial charge on any atom is 0.243 e. The lowest BCUT2D eigenvalue weighted by atomic mass is 10.2. The van der Waals surface area contributed by atoms with Crippen molar-refractivity contribution < 1.29 is 14.4 Å². The number of nitrogens with zero attached hydrogens (tertiary/aromatic N) is 1. The quantitative estimate of drug-likeness (QED) is 0.570. The molecule has 0 spiro atoms. The molecule has 3 N–H and O–H groups in total. The predicted octanol–water partition coefficient (Wildman–Crippen LogP) is -0.384. The van der Waals surface area contributed by atoms with E-state index in [1.165, 1.54) is 0 Å². The molecule has 3 amide bonds. The van der Waals surface area contributed by atoms with E-state index < -0.39 is 6.04 Å². The van der Waals surface area contributed by atoms with Gasteiger partial charge in [0.05, 0.1) is 6.54 Å². The summed E-state index contributed by atoms with van der Waals surface area (Å²) >= 11 is 0. The third-order valence-corrected chi connectivity index (χ3v) is 3.75. The zero-order valence-corrected chi connectivity index (χ0v) is 13.9. The molecule has 0 unspecified atom stereocenters. The van der Waals surface area contributed by atoms with Gasteiger partial charge in [-0.2, -0.15) is 0 Å². The minimum absolute atomic E-state index is 0.0610. The van der Waals surface area contributed by atoms with Gasteiger partial charge in [-0.1, -0.05) is 0 Å². The van der Waals surface area contributed by atoms with Gasteiger partial charge in [-0.15, -0.1) is 0 Å². The Kier molecular flexibility index (Phi) is 7.31. The van der Waals surface area contributed by atoms with Crippen molar-refractivity contribution in [2.24, 2.45) is 0 Å². The molecule has 1 aliphatic rings. The lowest BCUT2D eigenvalue weighted by Crippen LogP contribution is -2.47. The van der Waals surface area contributed by atoms with Gasteiger partial charge in [-0.05, 0) is 34.1 Å². The Bertz CT molecular complexity index is 402. The molecule has 1 saturated heterocycles. The first kappa shape index (κ1) is 18.4. The van der Waals surface area contributed by atoms with Crippen LogP contribution in [0.1, 0.15) is 40.5 Å². The van der Waals surface area contributed by atoms with E-state index in [0.29, 0.717) is 31.5 Å². The van der Waals surface area contributed by atoms with Crippen molar-refractivity contribution in [2.45, 2.75) is 58.7 Å². The average Bonchev–Trinajstić information content (AvgIpc) is 2.86. The Morgan fingerprint density at radius 2 is 1.86 bits per heavy atom. The maximum absolute atomic E-state index is 11.7. The number of amides is 3. The van der Waals surface area contributed by atoms with E-state index in [0.717, 1.165) is 6.54 Å². The second-order valence-corrected chi connectivity index (χ2v) is 6.15. The highest BCUT2D eigenvalue weighted by atomic mass is 16.2. The summed E-state index contributed by atoms with van der Waals surface area (Å²) in [5, 5.41) is 7.92. The van der Waals surface area contributed by atoms with Gasteiger partial charge in [-0.3, -0.25) is 19.3 Å². The van der Waals surface area contributed by atoms with Crippen LogP contribution in [-0.4, -0.2) is 60.4 Å². The van der Waals surface area contributed by atoms with E-state index in [1.807, 2.05) is 0 Å². The fourth-order valence-corrected chi connectivity index (χ4v) is 2.60. The number of nitrogens with one attached hydrogen (secondary N) is 3. The summed E-state index contributed by atoms with van der Waals surface area (Å²) < 4.78 is 0. The summed E-state index contributed by atoms with van der Waals surface area (Å²) in [7, 11) is 0. The van der Waals surface area contributed by atoms with Crippen LogP contribution < -0.4 is 16.0 Å². The van der Waals surface area contributed by atoms with Gasteiger partial charge < -0.3 is 16.0 Å². The molecular formula is C15H28N4O3. The maximum atomic E-state index is 11.7.